The van der Waals surface area contributed by atoms with Crippen LogP contribution in [0.4, 0.5) is 5.69 Å². The number of anilines is 1. The number of nitrogens with two attached hydrogens (primary N) is 1. The number of amides is 1. The van der Waals surface area contributed by atoms with Crippen molar-refractivity contribution in [1.29, 1.82) is 0 Å². The van der Waals surface area contributed by atoms with Crippen LogP contribution in [0.2, 0.25) is 0 Å². The summed E-state index contributed by atoms with van der Waals surface area (Å²) in [5, 5.41) is 1.03. The Morgan fingerprint density at radius 2 is 2.19 bits per heavy atom. The third-order valence-corrected chi connectivity index (χ3v) is 4.88. The van der Waals surface area contributed by atoms with E-state index in [0.29, 0.717) is 17.8 Å². The molecule has 3 rings (SSSR count). The van der Waals surface area contributed by atoms with Gasteiger partial charge in [0, 0.05) is 23.2 Å². The molecule has 2 aromatic rings. The van der Waals surface area contributed by atoms with E-state index in [1.54, 1.807) is 40.5 Å². The lowest BCUT2D eigenvalue weighted by atomic mass is 10.0. The van der Waals surface area contributed by atoms with Crippen LogP contribution in [0.5, 0.6) is 0 Å². The second-order valence-corrected chi connectivity index (χ2v) is 6.64. The summed E-state index contributed by atoms with van der Waals surface area (Å²) in [5.41, 5.74) is 8.21. The van der Waals surface area contributed by atoms with Gasteiger partial charge in [-0.2, -0.15) is 0 Å². The van der Waals surface area contributed by atoms with Crippen molar-refractivity contribution in [2.75, 3.05) is 12.8 Å². The smallest absolute Gasteiger partial charge is 0.254 e. The minimum atomic E-state index is -0.0181. The largest absolute Gasteiger partial charge is 0.399 e. The molecule has 110 valence electrons. The fourth-order valence-electron chi connectivity index (χ4n) is 2.64. The lowest BCUT2D eigenvalue weighted by Crippen LogP contribution is -2.26. The lowest BCUT2D eigenvalue weighted by molar-refractivity contribution is 0.0785. The van der Waals surface area contributed by atoms with E-state index < -0.39 is 0 Å². The number of nitrogens with zero attached hydrogens (tertiary/aromatic N) is 2. The number of aromatic nitrogens is 1. The van der Waals surface area contributed by atoms with E-state index in [4.69, 9.17) is 5.73 Å². The Labute approximate surface area is 128 Å². The highest BCUT2D eigenvalue weighted by molar-refractivity contribution is 7.11. The molecule has 2 N–H and O–H groups in total. The topological polar surface area (TPSA) is 59.2 Å². The van der Waals surface area contributed by atoms with Crippen LogP contribution in [-0.2, 0) is 19.4 Å². The molecule has 21 heavy (non-hydrogen) atoms. The first kappa shape index (κ1) is 14.1. The van der Waals surface area contributed by atoms with Gasteiger partial charge < -0.3 is 10.6 Å². The third kappa shape index (κ3) is 3.08. The van der Waals surface area contributed by atoms with Gasteiger partial charge in [0.05, 0.1) is 12.2 Å². The van der Waals surface area contributed by atoms with Gasteiger partial charge in [0.2, 0.25) is 0 Å². The first-order valence-electron chi connectivity index (χ1n) is 7.22. The maximum Gasteiger partial charge on any atom is 0.254 e. The summed E-state index contributed by atoms with van der Waals surface area (Å²) in [6.07, 6.45) is 4.71. The van der Waals surface area contributed by atoms with Crippen LogP contribution in [-0.4, -0.2) is 22.8 Å². The predicted molar refractivity (Wildman–Crippen MR) is 85.4 cm³/mol. The summed E-state index contributed by atoms with van der Waals surface area (Å²) in [7, 11) is 1.81. The van der Waals surface area contributed by atoms with Crippen LogP contribution < -0.4 is 5.73 Å². The van der Waals surface area contributed by atoms with E-state index in [-0.39, 0.29) is 5.91 Å². The Hall–Kier alpha value is -1.88. The molecule has 0 radical (unpaired) electrons. The number of hydrogen-bond acceptors (Lipinski definition) is 4. The highest BCUT2D eigenvalue weighted by atomic mass is 32.1. The van der Waals surface area contributed by atoms with Gasteiger partial charge in [-0.1, -0.05) is 6.07 Å². The van der Waals surface area contributed by atoms with Gasteiger partial charge in [-0.05, 0) is 43.9 Å². The van der Waals surface area contributed by atoms with Crippen LogP contribution >= 0.6 is 11.3 Å². The number of benzene rings is 1. The SMILES string of the molecule is CN(Cc1nc2c(s1)CCCC2)C(=O)c1cccc(N)c1. The van der Waals surface area contributed by atoms with Crippen LogP contribution in [0.1, 0.15) is 38.8 Å². The molecule has 1 aromatic carbocycles. The summed E-state index contributed by atoms with van der Waals surface area (Å²) in [6.45, 7) is 0.561. The van der Waals surface area contributed by atoms with Gasteiger partial charge in [0.15, 0.2) is 0 Å². The Kier molecular flexibility index (Phi) is 3.92. The fourth-order valence-corrected chi connectivity index (χ4v) is 3.85. The Balaban J connectivity index is 1.72. The molecular weight excluding hydrogens is 282 g/mol. The Morgan fingerprint density at radius 1 is 1.38 bits per heavy atom. The zero-order chi connectivity index (χ0) is 14.8. The van der Waals surface area contributed by atoms with Gasteiger partial charge in [0.1, 0.15) is 5.01 Å². The number of aryl methyl sites for hydroxylation is 2. The third-order valence-electron chi connectivity index (χ3n) is 3.74. The van der Waals surface area contributed by atoms with E-state index in [9.17, 15) is 4.79 Å². The second kappa shape index (κ2) is 5.85. The molecule has 0 aliphatic heterocycles. The van der Waals surface area contributed by atoms with Crippen LogP contribution in [0.25, 0.3) is 0 Å². The summed E-state index contributed by atoms with van der Waals surface area (Å²) in [6, 6.07) is 7.10. The molecule has 1 aliphatic rings. The number of nitrogen functional groups attached to an aromatic ring is 1. The normalized spacial score (nSPS) is 13.8. The van der Waals surface area contributed by atoms with Gasteiger partial charge in [-0.3, -0.25) is 4.79 Å². The number of carbonyl (C=O) groups excluding carboxylic acids is 1. The van der Waals surface area contributed by atoms with Crippen molar-refractivity contribution in [3.05, 3.63) is 45.4 Å². The molecular formula is C16H19N3OS. The Bertz CT molecular complexity index is 642. The molecule has 0 unspecified atom stereocenters. The molecule has 1 aromatic heterocycles. The highest BCUT2D eigenvalue weighted by Crippen LogP contribution is 2.27. The van der Waals surface area contributed by atoms with Gasteiger partial charge in [0.25, 0.3) is 5.91 Å². The average Bonchev–Trinajstić information content (AvgIpc) is 2.88. The zero-order valence-corrected chi connectivity index (χ0v) is 12.9. The summed E-state index contributed by atoms with van der Waals surface area (Å²) in [4.78, 5) is 20.2. The number of thiazole rings is 1. The molecule has 5 heteroatoms. The van der Waals surface area contributed by atoms with Crippen molar-refractivity contribution in [1.82, 2.24) is 9.88 Å². The number of carbonyl (C=O) groups is 1. The Morgan fingerprint density at radius 3 is 2.95 bits per heavy atom. The van der Waals surface area contributed by atoms with Crippen molar-refractivity contribution in [3.63, 3.8) is 0 Å². The molecule has 0 atom stereocenters. The zero-order valence-electron chi connectivity index (χ0n) is 12.1. The van der Waals surface area contributed by atoms with E-state index in [1.165, 1.54) is 23.4 Å². The number of hydrogen-bond donors (Lipinski definition) is 1. The van der Waals surface area contributed by atoms with Gasteiger partial charge in [-0.25, -0.2) is 4.98 Å². The number of fused-ring (bicyclic) bond motifs is 1. The van der Waals surface area contributed by atoms with E-state index in [1.807, 2.05) is 7.05 Å². The van der Waals surface area contributed by atoms with Gasteiger partial charge >= 0.3 is 0 Å². The maximum atomic E-state index is 12.4. The van der Waals surface area contributed by atoms with Crippen molar-refractivity contribution in [3.8, 4) is 0 Å². The first-order chi connectivity index (χ1) is 10.1. The fraction of sp³-hybridized carbons (Fsp3) is 0.375. The van der Waals surface area contributed by atoms with Crippen molar-refractivity contribution < 1.29 is 4.79 Å². The van der Waals surface area contributed by atoms with Crippen molar-refractivity contribution >= 4 is 22.9 Å². The molecule has 0 saturated heterocycles. The quantitative estimate of drug-likeness (QED) is 0.887. The van der Waals surface area contributed by atoms with E-state index in [0.717, 1.165) is 17.8 Å². The standard InChI is InChI=1S/C16H19N3OS/c1-19(16(20)11-5-4-6-12(17)9-11)10-15-18-13-7-2-3-8-14(13)21-15/h4-6,9H,2-3,7-8,10,17H2,1H3. The molecule has 0 spiro atoms. The molecule has 1 aliphatic carbocycles. The van der Waals surface area contributed by atoms with Gasteiger partial charge in [-0.15, -0.1) is 11.3 Å². The highest BCUT2D eigenvalue weighted by Gasteiger charge is 2.18. The summed E-state index contributed by atoms with van der Waals surface area (Å²) in [5.74, 6) is -0.0181. The first-order valence-corrected chi connectivity index (χ1v) is 8.03. The molecule has 0 bridgehead atoms. The summed E-state index contributed by atoms with van der Waals surface area (Å²) >= 11 is 1.75. The van der Waals surface area contributed by atoms with Crippen LogP contribution in [0.3, 0.4) is 0 Å². The number of rotatable bonds is 3. The van der Waals surface area contributed by atoms with Crippen LogP contribution in [0.15, 0.2) is 24.3 Å². The molecule has 0 saturated carbocycles. The minimum absolute atomic E-state index is 0.0181. The summed E-state index contributed by atoms with van der Waals surface area (Å²) < 4.78 is 0. The maximum absolute atomic E-state index is 12.4. The van der Waals surface area contributed by atoms with Crippen molar-refractivity contribution in [2.45, 2.75) is 32.2 Å². The molecule has 1 heterocycles. The second-order valence-electron chi connectivity index (χ2n) is 5.47. The molecule has 4 nitrogen and oxygen atoms in total. The molecule has 0 fully saturated rings. The van der Waals surface area contributed by atoms with Crippen molar-refractivity contribution in [2.24, 2.45) is 0 Å². The van der Waals surface area contributed by atoms with E-state index in [2.05, 4.69) is 4.98 Å². The minimum Gasteiger partial charge on any atom is -0.399 e. The monoisotopic (exact) mass is 301 g/mol. The van der Waals surface area contributed by atoms with E-state index >= 15 is 0 Å². The average molecular weight is 301 g/mol. The molecule has 1 amide bonds. The van der Waals surface area contributed by atoms with Crippen LogP contribution in [0, 0.1) is 0 Å². The predicted octanol–water partition coefficient (Wildman–Crippen LogP) is 2.88. The lowest BCUT2D eigenvalue weighted by Gasteiger charge is -2.15.